The molecule has 0 aromatic carbocycles. The largest absolute Gasteiger partial charge is 0.312 e. The van der Waals surface area contributed by atoms with Crippen LogP contribution < -0.4 is 5.32 Å². The van der Waals surface area contributed by atoms with E-state index in [1.54, 1.807) is 0 Å². The average Bonchev–Trinajstić information content (AvgIpc) is 2.02. The van der Waals surface area contributed by atoms with Crippen LogP contribution in [0.1, 0.15) is 62.3 Å². The van der Waals surface area contributed by atoms with Crippen molar-refractivity contribution in [2.45, 2.75) is 67.9 Å². The van der Waals surface area contributed by atoms with Crippen molar-refractivity contribution in [3.8, 4) is 0 Å². The smallest absolute Gasteiger partial charge is 0.0181 e. The van der Waals surface area contributed by atoms with Gasteiger partial charge in [-0.05, 0) is 37.1 Å². The van der Waals surface area contributed by atoms with Crippen LogP contribution in [0.15, 0.2) is 0 Å². The minimum absolute atomic E-state index is 0.162. The lowest BCUT2D eigenvalue weighted by atomic mass is 9.54. The molecule has 92 valence electrons. The van der Waals surface area contributed by atoms with E-state index in [2.05, 4.69) is 67.6 Å². The predicted molar refractivity (Wildman–Crippen MR) is 70.2 cm³/mol. The Hall–Kier alpha value is -0.0400. The maximum Gasteiger partial charge on any atom is 0.0181 e. The molecule has 0 saturated heterocycles. The SMILES string of the molecule is CCNC(C)(C)C(C)(C)C(C)(C)C(C)C. The number of hydrogen-bond acceptors (Lipinski definition) is 1. The highest BCUT2D eigenvalue weighted by molar-refractivity contribution is 5.02. The lowest BCUT2D eigenvalue weighted by Crippen LogP contribution is -2.58. The van der Waals surface area contributed by atoms with E-state index in [9.17, 15) is 0 Å². The van der Waals surface area contributed by atoms with Crippen LogP contribution in [0.25, 0.3) is 0 Å². The summed E-state index contributed by atoms with van der Waals surface area (Å²) in [6, 6.07) is 0. The third kappa shape index (κ3) is 2.55. The average molecular weight is 213 g/mol. The van der Waals surface area contributed by atoms with Crippen LogP contribution in [0.5, 0.6) is 0 Å². The molecule has 0 saturated carbocycles. The van der Waals surface area contributed by atoms with Gasteiger partial charge in [-0.3, -0.25) is 0 Å². The molecule has 15 heavy (non-hydrogen) atoms. The molecule has 0 rings (SSSR count). The summed E-state index contributed by atoms with van der Waals surface area (Å²) in [7, 11) is 0. The van der Waals surface area contributed by atoms with Gasteiger partial charge in [0.05, 0.1) is 0 Å². The van der Waals surface area contributed by atoms with E-state index in [4.69, 9.17) is 0 Å². The maximum absolute atomic E-state index is 3.62. The van der Waals surface area contributed by atoms with Crippen LogP contribution in [0.2, 0.25) is 0 Å². The molecule has 0 unspecified atom stereocenters. The third-order valence-electron chi connectivity index (χ3n) is 5.24. The first kappa shape index (κ1) is 15.0. The summed E-state index contributed by atoms with van der Waals surface area (Å²) in [5, 5.41) is 3.62. The normalized spacial score (nSPS) is 14.8. The van der Waals surface area contributed by atoms with Crippen LogP contribution >= 0.6 is 0 Å². The van der Waals surface area contributed by atoms with E-state index in [0.717, 1.165) is 6.54 Å². The second-order valence-corrected chi connectivity index (χ2v) is 6.66. The van der Waals surface area contributed by atoms with E-state index in [1.165, 1.54) is 0 Å². The lowest BCUT2D eigenvalue weighted by molar-refractivity contribution is -0.0191. The zero-order valence-electron chi connectivity index (χ0n) is 12.3. The van der Waals surface area contributed by atoms with Crippen molar-refractivity contribution >= 4 is 0 Å². The Morgan fingerprint density at radius 3 is 1.60 bits per heavy atom. The maximum atomic E-state index is 3.62. The minimum atomic E-state index is 0.162. The highest BCUT2D eigenvalue weighted by atomic mass is 15.0. The molecule has 0 aliphatic carbocycles. The summed E-state index contributed by atoms with van der Waals surface area (Å²) in [5.74, 6) is 0.686. The second-order valence-electron chi connectivity index (χ2n) is 6.66. The molecule has 0 aliphatic rings. The fourth-order valence-corrected chi connectivity index (χ4v) is 2.19. The van der Waals surface area contributed by atoms with E-state index in [1.807, 2.05) is 0 Å². The Kier molecular flexibility index (Phi) is 4.44. The minimum Gasteiger partial charge on any atom is -0.312 e. The zero-order chi connectivity index (χ0) is 12.5. The van der Waals surface area contributed by atoms with Gasteiger partial charge < -0.3 is 5.32 Å². The number of hydrogen-bond donors (Lipinski definition) is 1. The molecule has 0 heterocycles. The van der Waals surface area contributed by atoms with Crippen molar-refractivity contribution < 1.29 is 0 Å². The van der Waals surface area contributed by atoms with Gasteiger partial charge in [0.15, 0.2) is 0 Å². The Morgan fingerprint density at radius 1 is 0.933 bits per heavy atom. The van der Waals surface area contributed by atoms with Gasteiger partial charge in [0, 0.05) is 5.54 Å². The van der Waals surface area contributed by atoms with Gasteiger partial charge in [0.2, 0.25) is 0 Å². The third-order valence-corrected chi connectivity index (χ3v) is 5.24. The summed E-state index contributed by atoms with van der Waals surface area (Å²) in [4.78, 5) is 0. The van der Waals surface area contributed by atoms with E-state index in [-0.39, 0.29) is 11.0 Å². The second kappa shape index (κ2) is 4.45. The first-order valence-electron chi connectivity index (χ1n) is 6.25. The van der Waals surface area contributed by atoms with E-state index < -0.39 is 0 Å². The molecule has 0 fully saturated rings. The molecule has 0 aromatic rings. The van der Waals surface area contributed by atoms with Crippen molar-refractivity contribution in [1.82, 2.24) is 5.32 Å². The van der Waals surface area contributed by atoms with Crippen molar-refractivity contribution in [3.63, 3.8) is 0 Å². The quantitative estimate of drug-likeness (QED) is 0.725. The summed E-state index contributed by atoms with van der Waals surface area (Å²) in [6.07, 6.45) is 0. The number of nitrogens with one attached hydrogen (secondary N) is 1. The van der Waals surface area contributed by atoms with Gasteiger partial charge in [-0.1, -0.05) is 48.5 Å². The highest BCUT2D eigenvalue weighted by Crippen LogP contribution is 2.50. The van der Waals surface area contributed by atoms with Crippen LogP contribution in [0.3, 0.4) is 0 Å². The molecule has 0 amide bonds. The Labute approximate surface area is 97.0 Å². The first-order chi connectivity index (χ1) is 6.50. The standard InChI is InChI=1S/C14H31N/c1-10-15-14(8,9)13(6,7)12(4,5)11(2)3/h11,15H,10H2,1-9H3. The van der Waals surface area contributed by atoms with Gasteiger partial charge >= 0.3 is 0 Å². The fourth-order valence-electron chi connectivity index (χ4n) is 2.19. The fraction of sp³-hybridized carbons (Fsp3) is 1.00. The number of rotatable bonds is 5. The lowest BCUT2D eigenvalue weighted by Gasteiger charge is -2.54. The van der Waals surface area contributed by atoms with Crippen LogP contribution in [-0.4, -0.2) is 12.1 Å². The Morgan fingerprint density at radius 2 is 1.33 bits per heavy atom. The van der Waals surface area contributed by atoms with Crippen LogP contribution in [0, 0.1) is 16.7 Å². The molecule has 1 heteroatoms. The molecule has 0 atom stereocenters. The van der Waals surface area contributed by atoms with E-state index in [0.29, 0.717) is 11.3 Å². The Bertz CT molecular complexity index is 199. The topological polar surface area (TPSA) is 12.0 Å². The molecular weight excluding hydrogens is 182 g/mol. The van der Waals surface area contributed by atoms with Crippen LogP contribution in [-0.2, 0) is 0 Å². The summed E-state index contributed by atoms with van der Waals surface area (Å²) in [6.45, 7) is 22.0. The summed E-state index contributed by atoms with van der Waals surface area (Å²) in [5.41, 5.74) is 0.734. The van der Waals surface area contributed by atoms with Crippen molar-refractivity contribution in [3.05, 3.63) is 0 Å². The van der Waals surface area contributed by atoms with E-state index >= 15 is 0 Å². The molecule has 1 N–H and O–H groups in total. The molecule has 0 bridgehead atoms. The molecule has 0 aromatic heterocycles. The van der Waals surface area contributed by atoms with Crippen LogP contribution in [0.4, 0.5) is 0 Å². The summed E-state index contributed by atoms with van der Waals surface area (Å²) >= 11 is 0. The van der Waals surface area contributed by atoms with Crippen molar-refractivity contribution in [2.75, 3.05) is 6.54 Å². The first-order valence-corrected chi connectivity index (χ1v) is 6.25. The molecule has 0 aliphatic heterocycles. The highest BCUT2D eigenvalue weighted by Gasteiger charge is 2.48. The van der Waals surface area contributed by atoms with Gasteiger partial charge in [-0.15, -0.1) is 0 Å². The van der Waals surface area contributed by atoms with Crippen molar-refractivity contribution in [1.29, 1.82) is 0 Å². The van der Waals surface area contributed by atoms with Gasteiger partial charge in [0.1, 0.15) is 0 Å². The molecular formula is C14H31N. The molecule has 0 radical (unpaired) electrons. The molecule has 0 spiro atoms. The van der Waals surface area contributed by atoms with Crippen molar-refractivity contribution in [2.24, 2.45) is 16.7 Å². The molecule has 1 nitrogen and oxygen atoms in total. The van der Waals surface area contributed by atoms with Gasteiger partial charge in [0.25, 0.3) is 0 Å². The predicted octanol–water partition coefficient (Wildman–Crippen LogP) is 4.08. The Balaban J connectivity index is 5.11. The van der Waals surface area contributed by atoms with Gasteiger partial charge in [-0.2, -0.15) is 0 Å². The monoisotopic (exact) mass is 213 g/mol. The zero-order valence-corrected chi connectivity index (χ0v) is 12.3. The van der Waals surface area contributed by atoms with Gasteiger partial charge in [-0.25, -0.2) is 0 Å². The summed E-state index contributed by atoms with van der Waals surface area (Å²) < 4.78 is 0.